The molecule has 0 radical (unpaired) electrons. The molecule has 19 heavy (non-hydrogen) atoms. The molecule has 0 unspecified atom stereocenters. The van der Waals surface area contributed by atoms with Gasteiger partial charge in [0.25, 0.3) is 0 Å². The molecule has 0 aromatic heterocycles. The van der Waals surface area contributed by atoms with Gasteiger partial charge >= 0.3 is 6.09 Å². The number of anilines is 2. The highest BCUT2D eigenvalue weighted by Crippen LogP contribution is 2.15. The van der Waals surface area contributed by atoms with Crippen LogP contribution in [-0.4, -0.2) is 32.0 Å². The molecular formula is C14H22N2O3. The third-order valence-corrected chi connectivity index (χ3v) is 2.17. The summed E-state index contributed by atoms with van der Waals surface area (Å²) < 4.78 is 10.1. The number of hydrogen-bond acceptors (Lipinski definition) is 4. The maximum Gasteiger partial charge on any atom is 0.412 e. The Hall–Kier alpha value is -1.75. The smallest absolute Gasteiger partial charge is 0.412 e. The zero-order chi connectivity index (χ0) is 14.3. The van der Waals surface area contributed by atoms with Crippen molar-refractivity contribution >= 4 is 17.5 Å². The van der Waals surface area contributed by atoms with Crippen LogP contribution in [0.2, 0.25) is 0 Å². The van der Waals surface area contributed by atoms with Crippen molar-refractivity contribution in [1.82, 2.24) is 0 Å². The molecular weight excluding hydrogens is 244 g/mol. The summed E-state index contributed by atoms with van der Waals surface area (Å²) in [5.74, 6) is 0. The van der Waals surface area contributed by atoms with Gasteiger partial charge in [-0.1, -0.05) is 0 Å². The number of rotatable bonds is 5. The quantitative estimate of drug-likeness (QED) is 0.804. The summed E-state index contributed by atoms with van der Waals surface area (Å²) in [5.41, 5.74) is 1.18. The Balaban J connectivity index is 2.45. The van der Waals surface area contributed by atoms with E-state index in [1.165, 1.54) is 0 Å². The minimum Gasteiger partial charge on any atom is -0.444 e. The highest BCUT2D eigenvalue weighted by Gasteiger charge is 2.15. The fraction of sp³-hybridized carbons (Fsp3) is 0.500. The van der Waals surface area contributed by atoms with E-state index in [9.17, 15) is 4.79 Å². The molecule has 2 N–H and O–H groups in total. The van der Waals surface area contributed by atoms with Crippen molar-refractivity contribution in [1.29, 1.82) is 0 Å². The lowest BCUT2D eigenvalue weighted by atomic mass is 10.2. The van der Waals surface area contributed by atoms with Crippen molar-refractivity contribution in [2.75, 3.05) is 30.9 Å². The Labute approximate surface area is 114 Å². The van der Waals surface area contributed by atoms with Gasteiger partial charge in [-0.2, -0.15) is 0 Å². The Morgan fingerprint density at radius 3 is 2.26 bits per heavy atom. The average Bonchev–Trinajstić information content (AvgIpc) is 2.29. The molecule has 0 saturated carbocycles. The van der Waals surface area contributed by atoms with E-state index < -0.39 is 11.7 Å². The first kappa shape index (κ1) is 15.3. The molecule has 0 heterocycles. The Bertz CT molecular complexity index is 396. The maximum absolute atomic E-state index is 11.6. The van der Waals surface area contributed by atoms with Crippen LogP contribution in [0.4, 0.5) is 16.2 Å². The average molecular weight is 266 g/mol. The van der Waals surface area contributed by atoms with Crippen LogP contribution in [-0.2, 0) is 9.47 Å². The maximum atomic E-state index is 11.6. The summed E-state index contributed by atoms with van der Waals surface area (Å²) in [7, 11) is 1.66. The topological polar surface area (TPSA) is 59.6 Å². The van der Waals surface area contributed by atoms with Crippen LogP contribution < -0.4 is 10.6 Å². The van der Waals surface area contributed by atoms with E-state index in [-0.39, 0.29) is 0 Å². The largest absolute Gasteiger partial charge is 0.444 e. The second-order valence-corrected chi connectivity index (χ2v) is 5.12. The van der Waals surface area contributed by atoms with Gasteiger partial charge in [-0.25, -0.2) is 4.79 Å². The molecule has 0 spiro atoms. The Morgan fingerprint density at radius 1 is 1.16 bits per heavy atom. The van der Waals surface area contributed by atoms with Crippen molar-refractivity contribution in [2.24, 2.45) is 0 Å². The van der Waals surface area contributed by atoms with Crippen molar-refractivity contribution < 1.29 is 14.3 Å². The van der Waals surface area contributed by atoms with Crippen molar-refractivity contribution in [3.05, 3.63) is 24.3 Å². The van der Waals surface area contributed by atoms with Crippen LogP contribution in [0.25, 0.3) is 0 Å². The number of ether oxygens (including phenoxy) is 2. The first-order valence-electron chi connectivity index (χ1n) is 6.23. The van der Waals surface area contributed by atoms with Gasteiger partial charge in [0.2, 0.25) is 0 Å². The van der Waals surface area contributed by atoms with Gasteiger partial charge in [-0.05, 0) is 45.0 Å². The van der Waals surface area contributed by atoms with Crippen LogP contribution in [0.1, 0.15) is 20.8 Å². The van der Waals surface area contributed by atoms with E-state index in [0.29, 0.717) is 12.3 Å². The van der Waals surface area contributed by atoms with Crippen LogP contribution >= 0.6 is 0 Å². The zero-order valence-electron chi connectivity index (χ0n) is 11.9. The van der Waals surface area contributed by atoms with E-state index in [2.05, 4.69) is 10.6 Å². The lowest BCUT2D eigenvalue weighted by Gasteiger charge is -2.19. The number of carbonyl (C=O) groups excluding carboxylic acids is 1. The number of nitrogens with one attached hydrogen (secondary N) is 2. The van der Waals surface area contributed by atoms with Crippen LogP contribution in [0.5, 0.6) is 0 Å². The van der Waals surface area contributed by atoms with E-state index in [0.717, 1.165) is 12.2 Å². The molecule has 0 atom stereocenters. The Morgan fingerprint density at radius 2 is 1.74 bits per heavy atom. The van der Waals surface area contributed by atoms with E-state index in [1.807, 2.05) is 45.0 Å². The summed E-state index contributed by atoms with van der Waals surface area (Å²) in [6.07, 6.45) is -0.451. The fourth-order valence-corrected chi connectivity index (χ4v) is 1.39. The summed E-state index contributed by atoms with van der Waals surface area (Å²) >= 11 is 0. The molecule has 0 fully saturated rings. The normalized spacial score (nSPS) is 10.9. The molecule has 1 aromatic carbocycles. The highest BCUT2D eigenvalue weighted by molar-refractivity contribution is 5.85. The van der Waals surface area contributed by atoms with Gasteiger partial charge in [-0.15, -0.1) is 0 Å². The first-order valence-corrected chi connectivity index (χ1v) is 6.23. The van der Waals surface area contributed by atoms with E-state index >= 15 is 0 Å². The molecule has 1 rings (SSSR count). The van der Waals surface area contributed by atoms with Crippen molar-refractivity contribution in [2.45, 2.75) is 26.4 Å². The first-order chi connectivity index (χ1) is 8.90. The molecule has 0 aliphatic heterocycles. The lowest BCUT2D eigenvalue weighted by Crippen LogP contribution is -2.27. The molecule has 0 aliphatic rings. The molecule has 5 heteroatoms. The summed E-state index contributed by atoms with van der Waals surface area (Å²) in [5, 5.41) is 5.87. The lowest BCUT2D eigenvalue weighted by molar-refractivity contribution is 0.0636. The third kappa shape index (κ3) is 6.67. The van der Waals surface area contributed by atoms with Crippen LogP contribution in [0.3, 0.4) is 0 Å². The number of methoxy groups -OCH3 is 1. The fourth-order valence-electron chi connectivity index (χ4n) is 1.39. The van der Waals surface area contributed by atoms with E-state index in [4.69, 9.17) is 9.47 Å². The molecule has 0 bridgehead atoms. The van der Waals surface area contributed by atoms with E-state index in [1.54, 1.807) is 7.11 Å². The molecule has 0 saturated heterocycles. The molecule has 1 amide bonds. The molecule has 1 aromatic rings. The number of amides is 1. The minimum atomic E-state index is -0.494. The van der Waals surface area contributed by atoms with Crippen LogP contribution in [0, 0.1) is 0 Å². The standard InChI is InChI=1S/C14H22N2O3/c1-14(2,3)19-13(17)16-12-7-5-11(6-8-12)15-9-10-18-4/h5-8,15H,9-10H2,1-4H3,(H,16,17). The van der Waals surface area contributed by atoms with Crippen LogP contribution in [0.15, 0.2) is 24.3 Å². The summed E-state index contributed by atoms with van der Waals surface area (Å²) in [4.78, 5) is 11.6. The summed E-state index contributed by atoms with van der Waals surface area (Å²) in [6, 6.07) is 7.42. The molecule has 0 aliphatic carbocycles. The summed E-state index contributed by atoms with van der Waals surface area (Å²) in [6.45, 7) is 6.88. The second-order valence-electron chi connectivity index (χ2n) is 5.12. The van der Waals surface area contributed by atoms with Gasteiger partial charge < -0.3 is 14.8 Å². The second kappa shape index (κ2) is 6.99. The predicted molar refractivity (Wildman–Crippen MR) is 76.7 cm³/mol. The van der Waals surface area contributed by atoms with Gasteiger partial charge in [-0.3, -0.25) is 5.32 Å². The third-order valence-electron chi connectivity index (χ3n) is 2.17. The number of carbonyl (C=O) groups is 1. The zero-order valence-corrected chi connectivity index (χ0v) is 11.9. The monoisotopic (exact) mass is 266 g/mol. The minimum absolute atomic E-state index is 0.451. The Kier molecular flexibility index (Phi) is 5.63. The molecule has 5 nitrogen and oxygen atoms in total. The van der Waals surface area contributed by atoms with Gasteiger partial charge in [0.05, 0.1) is 6.61 Å². The number of benzene rings is 1. The van der Waals surface area contributed by atoms with Gasteiger partial charge in [0.15, 0.2) is 0 Å². The van der Waals surface area contributed by atoms with Gasteiger partial charge in [0, 0.05) is 25.0 Å². The predicted octanol–water partition coefficient (Wildman–Crippen LogP) is 3.09. The highest BCUT2D eigenvalue weighted by atomic mass is 16.6. The van der Waals surface area contributed by atoms with Crippen molar-refractivity contribution in [3.63, 3.8) is 0 Å². The van der Waals surface area contributed by atoms with Crippen molar-refractivity contribution in [3.8, 4) is 0 Å². The van der Waals surface area contributed by atoms with Gasteiger partial charge in [0.1, 0.15) is 5.60 Å². The number of hydrogen-bond donors (Lipinski definition) is 2. The SMILES string of the molecule is COCCNc1ccc(NC(=O)OC(C)(C)C)cc1. The molecule has 106 valence electrons.